The standard InChI is InChI=1S/C22H32FO2P/c1-16-13-18(21(2,3)4)20(19(14-16)22(5,6)7)25-26(23,24)15-17-11-9-8-10-12-17/h8-14,24,26H,15H2,1-7H3. The van der Waals surface area contributed by atoms with Gasteiger partial charge in [-0.2, -0.15) is 0 Å². The molecule has 0 aliphatic carbocycles. The molecule has 0 aliphatic heterocycles. The van der Waals surface area contributed by atoms with Crippen LogP contribution in [0.15, 0.2) is 42.5 Å². The number of aryl methyl sites for hydroxylation is 1. The summed E-state index contributed by atoms with van der Waals surface area (Å²) < 4.78 is 21.0. The molecule has 0 spiro atoms. The first-order chi connectivity index (χ1) is 11.8. The second-order valence-corrected chi connectivity index (χ2v) is 11.1. The average Bonchev–Trinajstić information content (AvgIpc) is 2.46. The Morgan fingerprint density at radius 3 is 1.81 bits per heavy atom. The van der Waals surface area contributed by atoms with Gasteiger partial charge in [0.1, 0.15) is 0 Å². The van der Waals surface area contributed by atoms with Crippen LogP contribution < -0.4 is 4.52 Å². The van der Waals surface area contributed by atoms with E-state index in [1.165, 1.54) is 0 Å². The van der Waals surface area contributed by atoms with E-state index in [1.54, 1.807) is 0 Å². The molecule has 0 bridgehead atoms. The molecule has 0 heterocycles. The van der Waals surface area contributed by atoms with Crippen molar-refractivity contribution in [2.24, 2.45) is 0 Å². The van der Waals surface area contributed by atoms with Gasteiger partial charge >= 0.3 is 158 Å². The van der Waals surface area contributed by atoms with Crippen LogP contribution in [0.4, 0.5) is 4.20 Å². The molecule has 0 saturated carbocycles. The predicted molar refractivity (Wildman–Crippen MR) is 111 cm³/mol. The molecule has 26 heavy (non-hydrogen) atoms. The van der Waals surface area contributed by atoms with Crippen LogP contribution >= 0.6 is 8.03 Å². The fourth-order valence-corrected chi connectivity index (χ4v) is 4.38. The van der Waals surface area contributed by atoms with Gasteiger partial charge in [0.25, 0.3) is 0 Å². The number of hydrogen-bond acceptors (Lipinski definition) is 2. The van der Waals surface area contributed by atoms with Crippen LogP contribution in [-0.4, -0.2) is 4.89 Å². The molecule has 0 aromatic heterocycles. The molecule has 0 aliphatic rings. The second-order valence-electron chi connectivity index (χ2n) is 9.14. The minimum atomic E-state index is -4.42. The van der Waals surface area contributed by atoms with Gasteiger partial charge in [0, 0.05) is 0 Å². The predicted octanol–water partition coefficient (Wildman–Crippen LogP) is 6.63. The Labute approximate surface area is 158 Å². The molecule has 2 rings (SSSR count). The molecule has 0 radical (unpaired) electrons. The van der Waals surface area contributed by atoms with Crippen molar-refractivity contribution < 1.29 is 13.6 Å². The summed E-state index contributed by atoms with van der Waals surface area (Å²) in [5, 5.41) is 0. The zero-order valence-corrected chi connectivity index (χ0v) is 18.0. The first-order valence-electron chi connectivity index (χ1n) is 9.09. The van der Waals surface area contributed by atoms with E-state index >= 15 is 4.20 Å². The molecule has 0 atom stereocenters. The summed E-state index contributed by atoms with van der Waals surface area (Å²) in [6, 6.07) is 13.3. The quantitative estimate of drug-likeness (QED) is 0.605. The summed E-state index contributed by atoms with van der Waals surface area (Å²) in [7, 11) is -4.42. The van der Waals surface area contributed by atoms with Crippen molar-refractivity contribution in [1.82, 2.24) is 0 Å². The molecule has 4 heteroatoms. The van der Waals surface area contributed by atoms with Crippen molar-refractivity contribution in [3.05, 3.63) is 64.7 Å². The monoisotopic (exact) mass is 378 g/mol. The van der Waals surface area contributed by atoms with Gasteiger partial charge < -0.3 is 0 Å². The van der Waals surface area contributed by atoms with E-state index < -0.39 is 8.03 Å². The van der Waals surface area contributed by atoms with Crippen molar-refractivity contribution in [2.45, 2.75) is 65.5 Å². The van der Waals surface area contributed by atoms with E-state index in [2.05, 4.69) is 41.5 Å². The molecule has 0 amide bonds. The zero-order valence-electron chi connectivity index (χ0n) is 17.0. The molecule has 2 nitrogen and oxygen atoms in total. The Bertz CT molecular complexity index is 721. The summed E-state index contributed by atoms with van der Waals surface area (Å²) >= 11 is 0. The fraction of sp³-hybridized carbons (Fsp3) is 0.455. The number of halogens is 1. The van der Waals surface area contributed by atoms with Gasteiger partial charge in [0.15, 0.2) is 0 Å². The average molecular weight is 378 g/mol. The van der Waals surface area contributed by atoms with Crippen LogP contribution in [0.2, 0.25) is 0 Å². The van der Waals surface area contributed by atoms with Gasteiger partial charge in [-0.3, -0.25) is 0 Å². The van der Waals surface area contributed by atoms with Crippen molar-refractivity contribution >= 4 is 8.03 Å². The summed E-state index contributed by atoms with van der Waals surface area (Å²) in [5.74, 6) is 0.503. The van der Waals surface area contributed by atoms with Gasteiger partial charge in [-0.25, -0.2) is 0 Å². The SMILES string of the molecule is Cc1cc(C(C)(C)C)c(O[PH](O)(F)Cc2ccccc2)c(C(C)(C)C)c1. The van der Waals surface area contributed by atoms with Gasteiger partial charge in [0.2, 0.25) is 0 Å². The van der Waals surface area contributed by atoms with Crippen LogP contribution in [0.5, 0.6) is 5.75 Å². The van der Waals surface area contributed by atoms with Crippen LogP contribution in [-0.2, 0) is 17.0 Å². The first-order valence-corrected chi connectivity index (χ1v) is 11.0. The third-order valence-electron chi connectivity index (χ3n) is 4.37. The normalized spacial score (nSPS) is 13.6. The van der Waals surface area contributed by atoms with Crippen LogP contribution in [0.3, 0.4) is 0 Å². The molecule has 1 N–H and O–H groups in total. The van der Waals surface area contributed by atoms with E-state index in [0.29, 0.717) is 5.75 Å². The van der Waals surface area contributed by atoms with Gasteiger partial charge in [-0.15, -0.1) is 0 Å². The number of rotatable bonds is 4. The summed E-state index contributed by atoms with van der Waals surface area (Å²) in [6.45, 7) is 14.5. The van der Waals surface area contributed by atoms with Crippen molar-refractivity contribution in [3.8, 4) is 5.75 Å². The zero-order chi connectivity index (χ0) is 19.8. The van der Waals surface area contributed by atoms with E-state index in [-0.39, 0.29) is 17.0 Å². The Morgan fingerprint density at radius 2 is 1.38 bits per heavy atom. The summed E-state index contributed by atoms with van der Waals surface area (Å²) in [5.41, 5.74) is 3.26. The Hall–Kier alpha value is -1.44. The Balaban J connectivity index is 2.52. The fourth-order valence-electron chi connectivity index (χ4n) is 3.04. The van der Waals surface area contributed by atoms with Crippen molar-refractivity contribution in [3.63, 3.8) is 0 Å². The number of benzene rings is 2. The molecule has 0 saturated heterocycles. The maximum atomic E-state index is 15.2. The topological polar surface area (TPSA) is 29.5 Å². The van der Waals surface area contributed by atoms with E-state index in [0.717, 1.165) is 22.3 Å². The van der Waals surface area contributed by atoms with Gasteiger partial charge in [-0.1, -0.05) is 0 Å². The molecule has 2 aromatic rings. The molecular formula is C22H32FO2P. The molecule has 0 fully saturated rings. The van der Waals surface area contributed by atoms with Gasteiger partial charge in [-0.05, 0) is 0 Å². The summed E-state index contributed by atoms with van der Waals surface area (Å²) in [6.07, 6.45) is -0.0884. The molecule has 2 aromatic carbocycles. The Kier molecular flexibility index (Phi) is 5.85. The molecule has 144 valence electrons. The van der Waals surface area contributed by atoms with Crippen LogP contribution in [0.1, 0.15) is 63.8 Å². The summed E-state index contributed by atoms with van der Waals surface area (Å²) in [4.78, 5) is 10.5. The second kappa shape index (κ2) is 7.29. The molecular weight excluding hydrogens is 346 g/mol. The van der Waals surface area contributed by atoms with E-state index in [4.69, 9.17) is 4.52 Å². The van der Waals surface area contributed by atoms with E-state index in [1.807, 2.05) is 49.4 Å². The third-order valence-corrected chi connectivity index (χ3v) is 5.73. The Morgan fingerprint density at radius 1 is 0.923 bits per heavy atom. The van der Waals surface area contributed by atoms with Crippen LogP contribution in [0.25, 0.3) is 0 Å². The van der Waals surface area contributed by atoms with Crippen molar-refractivity contribution in [1.29, 1.82) is 0 Å². The third kappa shape index (κ3) is 5.28. The van der Waals surface area contributed by atoms with Crippen LogP contribution in [0, 0.1) is 6.92 Å². The molecule has 0 unspecified atom stereocenters. The number of hydrogen-bond donors (Lipinski definition) is 1. The minimum absolute atomic E-state index is 0.0884. The van der Waals surface area contributed by atoms with Gasteiger partial charge in [0.05, 0.1) is 0 Å². The van der Waals surface area contributed by atoms with Crippen molar-refractivity contribution in [2.75, 3.05) is 0 Å². The maximum absolute atomic E-state index is 15.2. The van der Waals surface area contributed by atoms with E-state index in [9.17, 15) is 4.89 Å². The first kappa shape index (κ1) is 20.9.